The Morgan fingerprint density at radius 1 is 1.00 bits per heavy atom. The number of para-hydroxylation sites is 1. The largest absolute Gasteiger partial charge is 0.490 e. The maximum absolute atomic E-state index is 11.8. The number of esters is 2. The van der Waals surface area contributed by atoms with Gasteiger partial charge in [-0.05, 0) is 24.5 Å². The van der Waals surface area contributed by atoms with E-state index in [0.717, 1.165) is 18.6 Å². The van der Waals surface area contributed by atoms with Gasteiger partial charge in [0, 0.05) is 0 Å². The Hall–Kier alpha value is -2.04. The minimum atomic E-state index is -0.416. The summed E-state index contributed by atoms with van der Waals surface area (Å²) in [6.45, 7) is 6.54. The lowest BCUT2D eigenvalue weighted by molar-refractivity contribution is -0.155. The number of rotatable bonds is 11. The molecule has 134 valence electrons. The molecule has 1 aromatic carbocycles. The third-order valence-corrected chi connectivity index (χ3v) is 3.49. The Morgan fingerprint density at radius 3 is 2.29 bits per heavy atom. The first kappa shape index (κ1) is 20.0. The molecule has 0 fully saturated rings. The molecule has 0 heterocycles. The summed E-state index contributed by atoms with van der Waals surface area (Å²) in [4.78, 5) is 23.4. The van der Waals surface area contributed by atoms with Crippen LogP contribution < -0.4 is 4.74 Å². The van der Waals surface area contributed by atoms with Crippen molar-refractivity contribution in [1.82, 2.24) is 0 Å². The van der Waals surface area contributed by atoms with E-state index in [1.807, 2.05) is 44.2 Å². The molecule has 1 atom stereocenters. The van der Waals surface area contributed by atoms with Crippen molar-refractivity contribution in [2.24, 2.45) is 5.92 Å². The molecule has 0 spiro atoms. The molecule has 5 heteroatoms. The molecular formula is C19H28O5. The van der Waals surface area contributed by atoms with Gasteiger partial charge < -0.3 is 14.2 Å². The Bertz CT molecular complexity index is 484. The van der Waals surface area contributed by atoms with Crippen molar-refractivity contribution < 1.29 is 23.8 Å². The lowest BCUT2D eigenvalue weighted by Gasteiger charge is -2.20. The molecule has 0 N–H and O–H groups in total. The highest BCUT2D eigenvalue weighted by atomic mass is 16.6. The van der Waals surface area contributed by atoms with Crippen LogP contribution in [0.4, 0.5) is 0 Å². The summed E-state index contributed by atoms with van der Waals surface area (Å²) in [5, 5.41) is 0. The number of carbonyl (C=O) groups is 2. The number of ether oxygens (including phenoxy) is 3. The summed E-state index contributed by atoms with van der Waals surface area (Å²) in [6.07, 6.45) is 1.79. The van der Waals surface area contributed by atoms with Crippen LogP contribution >= 0.6 is 0 Å². The third kappa shape index (κ3) is 8.56. The zero-order valence-electron chi connectivity index (χ0n) is 14.8. The number of hydrogen-bond donors (Lipinski definition) is 0. The molecule has 0 aliphatic rings. The fraction of sp³-hybridized carbons (Fsp3) is 0.579. The molecule has 0 saturated heterocycles. The summed E-state index contributed by atoms with van der Waals surface area (Å²) in [5.41, 5.74) is 0. The van der Waals surface area contributed by atoms with Crippen LogP contribution in [-0.2, 0) is 19.1 Å². The molecule has 0 aromatic heterocycles. The first-order valence-electron chi connectivity index (χ1n) is 8.55. The summed E-state index contributed by atoms with van der Waals surface area (Å²) < 4.78 is 15.9. The minimum Gasteiger partial charge on any atom is -0.490 e. The van der Waals surface area contributed by atoms with Gasteiger partial charge >= 0.3 is 11.9 Å². The van der Waals surface area contributed by atoms with Crippen LogP contribution in [0.25, 0.3) is 0 Å². The Labute approximate surface area is 144 Å². The highest BCUT2D eigenvalue weighted by Crippen LogP contribution is 2.14. The van der Waals surface area contributed by atoms with Crippen molar-refractivity contribution in [3.05, 3.63) is 30.3 Å². The topological polar surface area (TPSA) is 61.8 Å². The van der Waals surface area contributed by atoms with Crippen molar-refractivity contribution in [3.8, 4) is 5.75 Å². The van der Waals surface area contributed by atoms with E-state index >= 15 is 0 Å². The van der Waals surface area contributed by atoms with E-state index in [2.05, 4.69) is 6.92 Å². The van der Waals surface area contributed by atoms with Crippen molar-refractivity contribution in [2.75, 3.05) is 13.2 Å². The van der Waals surface area contributed by atoms with Gasteiger partial charge in [0.1, 0.15) is 25.1 Å². The van der Waals surface area contributed by atoms with Gasteiger partial charge in [-0.3, -0.25) is 9.59 Å². The molecule has 5 nitrogen and oxygen atoms in total. The van der Waals surface area contributed by atoms with Crippen LogP contribution in [-0.4, -0.2) is 31.3 Å². The fourth-order valence-electron chi connectivity index (χ4n) is 2.15. The maximum atomic E-state index is 11.8. The van der Waals surface area contributed by atoms with Crippen LogP contribution in [0, 0.1) is 5.92 Å². The number of hydrogen-bond acceptors (Lipinski definition) is 5. The Balaban J connectivity index is 2.15. The van der Waals surface area contributed by atoms with Gasteiger partial charge in [0.15, 0.2) is 0 Å². The molecule has 24 heavy (non-hydrogen) atoms. The Kier molecular flexibility index (Phi) is 9.58. The third-order valence-electron chi connectivity index (χ3n) is 3.49. The van der Waals surface area contributed by atoms with Gasteiger partial charge in [0.25, 0.3) is 0 Å². The van der Waals surface area contributed by atoms with Gasteiger partial charge in [0.05, 0.1) is 12.8 Å². The smallest absolute Gasteiger partial charge is 0.306 e. The standard InChI is InChI=1S/C19H28O5/c1-4-8-17(15(2)3)24-19(21)12-11-18(20)23-14-13-22-16-9-6-5-7-10-16/h5-7,9-10,15,17H,4,8,11-14H2,1-3H3. The molecule has 0 radical (unpaired) electrons. The predicted molar refractivity (Wildman–Crippen MR) is 91.8 cm³/mol. The van der Waals surface area contributed by atoms with Crippen LogP contribution in [0.3, 0.4) is 0 Å². The number of carbonyl (C=O) groups excluding carboxylic acids is 2. The molecule has 0 saturated carbocycles. The van der Waals surface area contributed by atoms with E-state index in [1.54, 1.807) is 0 Å². The minimum absolute atomic E-state index is 0.0289. The van der Waals surface area contributed by atoms with Crippen LogP contribution in [0.1, 0.15) is 46.5 Å². The summed E-state index contributed by atoms with van der Waals surface area (Å²) in [7, 11) is 0. The average Bonchev–Trinajstić information content (AvgIpc) is 2.57. The second kappa shape index (κ2) is 11.5. The Morgan fingerprint density at radius 2 is 1.67 bits per heavy atom. The van der Waals surface area contributed by atoms with Crippen molar-refractivity contribution in [1.29, 1.82) is 0 Å². The predicted octanol–water partition coefficient (Wildman–Crippen LogP) is 3.76. The molecular weight excluding hydrogens is 308 g/mol. The molecule has 0 aliphatic heterocycles. The van der Waals surface area contributed by atoms with Crippen LogP contribution in [0.5, 0.6) is 5.75 Å². The van der Waals surface area contributed by atoms with E-state index in [1.165, 1.54) is 0 Å². The summed E-state index contributed by atoms with van der Waals surface area (Å²) >= 11 is 0. The lowest BCUT2D eigenvalue weighted by atomic mass is 10.0. The fourth-order valence-corrected chi connectivity index (χ4v) is 2.15. The second-order valence-electron chi connectivity index (χ2n) is 5.94. The summed E-state index contributed by atoms with van der Waals surface area (Å²) in [5.74, 6) is 0.239. The molecule has 0 bridgehead atoms. The maximum Gasteiger partial charge on any atom is 0.306 e. The summed E-state index contributed by atoms with van der Waals surface area (Å²) in [6, 6.07) is 9.31. The highest BCUT2D eigenvalue weighted by Gasteiger charge is 2.18. The van der Waals surface area contributed by atoms with Crippen molar-refractivity contribution >= 4 is 11.9 Å². The van der Waals surface area contributed by atoms with E-state index < -0.39 is 5.97 Å². The first-order valence-corrected chi connectivity index (χ1v) is 8.55. The second-order valence-corrected chi connectivity index (χ2v) is 5.94. The molecule has 0 amide bonds. The van der Waals surface area contributed by atoms with E-state index in [9.17, 15) is 9.59 Å². The first-order chi connectivity index (χ1) is 11.5. The molecule has 0 aliphatic carbocycles. The van der Waals surface area contributed by atoms with Gasteiger partial charge in [-0.1, -0.05) is 45.4 Å². The van der Waals surface area contributed by atoms with E-state index in [4.69, 9.17) is 14.2 Å². The lowest BCUT2D eigenvalue weighted by Crippen LogP contribution is -2.24. The van der Waals surface area contributed by atoms with Crippen LogP contribution in [0.2, 0.25) is 0 Å². The van der Waals surface area contributed by atoms with Gasteiger partial charge in [-0.25, -0.2) is 0 Å². The number of benzene rings is 1. The zero-order valence-corrected chi connectivity index (χ0v) is 14.8. The van der Waals surface area contributed by atoms with Gasteiger partial charge in [-0.15, -0.1) is 0 Å². The zero-order chi connectivity index (χ0) is 17.8. The van der Waals surface area contributed by atoms with E-state index in [-0.39, 0.29) is 44.0 Å². The van der Waals surface area contributed by atoms with Crippen molar-refractivity contribution in [2.45, 2.75) is 52.6 Å². The van der Waals surface area contributed by atoms with Gasteiger partial charge in [0.2, 0.25) is 0 Å². The van der Waals surface area contributed by atoms with Crippen LogP contribution in [0.15, 0.2) is 30.3 Å². The van der Waals surface area contributed by atoms with E-state index in [0.29, 0.717) is 0 Å². The quantitative estimate of drug-likeness (QED) is 0.455. The molecule has 1 unspecified atom stereocenters. The highest BCUT2D eigenvalue weighted by molar-refractivity contribution is 5.77. The molecule has 1 rings (SSSR count). The molecule has 1 aromatic rings. The monoisotopic (exact) mass is 336 g/mol. The average molecular weight is 336 g/mol. The normalized spacial score (nSPS) is 11.8. The van der Waals surface area contributed by atoms with Gasteiger partial charge in [-0.2, -0.15) is 0 Å². The SMILES string of the molecule is CCCC(OC(=O)CCC(=O)OCCOc1ccccc1)C(C)C. The van der Waals surface area contributed by atoms with Crippen molar-refractivity contribution in [3.63, 3.8) is 0 Å².